The molecule has 0 aliphatic rings. The van der Waals surface area contributed by atoms with E-state index < -0.39 is 13.6 Å². The maximum atomic E-state index is 8.82. The molecular weight excluding hydrogens is 187 g/mol. The standard InChI is InChI=1S/2ClH.Cr.2H2O.2O/h2*1H;;2*1H2;;/q;;+2;;;;/p-2. The van der Waals surface area contributed by atoms with Gasteiger partial charge in [-0.25, -0.2) is 0 Å². The van der Waals surface area contributed by atoms with Gasteiger partial charge in [0.25, 0.3) is 0 Å². The molecule has 0 fully saturated rings. The number of hydrogen-bond acceptors (Lipinski definition) is 2. The van der Waals surface area contributed by atoms with Crippen molar-refractivity contribution in [2.75, 3.05) is 0 Å². The van der Waals surface area contributed by atoms with E-state index in [0.717, 1.165) is 0 Å². The second kappa shape index (κ2) is 4.78. The van der Waals surface area contributed by atoms with Crippen molar-refractivity contribution in [1.82, 2.24) is 0 Å². The van der Waals surface area contributed by atoms with Crippen LogP contribution in [0, 0.1) is 0 Å². The Labute approximate surface area is 54.7 Å². The number of hydrogen-bond donors (Lipinski definition) is 2. The summed E-state index contributed by atoms with van der Waals surface area (Å²) in [6, 6.07) is 0. The minimum absolute atomic E-state index is 0. The zero-order valence-corrected chi connectivity index (χ0v) is 5.84. The van der Waals surface area contributed by atoms with Gasteiger partial charge in [0.15, 0.2) is 0 Å². The van der Waals surface area contributed by atoms with Crippen molar-refractivity contribution in [2.45, 2.75) is 0 Å². The molecular formula is H4Cl2CrO4. The van der Waals surface area contributed by atoms with Gasteiger partial charge in [0, 0.05) is 0 Å². The van der Waals surface area contributed by atoms with E-state index >= 15 is 0 Å². The summed E-state index contributed by atoms with van der Waals surface area (Å²) in [7, 11) is 0. The summed E-state index contributed by atoms with van der Waals surface area (Å²) in [5.74, 6) is 0. The van der Waals surface area contributed by atoms with Crippen LogP contribution in [0.5, 0.6) is 0 Å². The molecule has 0 unspecified atom stereocenters. The van der Waals surface area contributed by atoms with Crippen LogP contribution in [-0.4, -0.2) is 8.32 Å². The maximum absolute atomic E-state index is 8.82. The van der Waals surface area contributed by atoms with Gasteiger partial charge in [-0.1, -0.05) is 0 Å². The van der Waals surface area contributed by atoms with E-state index in [1.807, 2.05) is 0 Å². The van der Waals surface area contributed by atoms with Crippen LogP contribution < -0.4 is 0 Å². The van der Waals surface area contributed by atoms with Crippen LogP contribution in [0.25, 0.3) is 0 Å². The Balaban J connectivity index is -0.0000000800. The topological polar surface area (TPSA) is 74.6 Å². The molecule has 0 radical (unpaired) electrons. The first kappa shape index (κ1) is 15.6. The Kier molecular flexibility index (Phi) is 10.7. The predicted molar refractivity (Wildman–Crippen MR) is 20.3 cm³/mol. The summed E-state index contributed by atoms with van der Waals surface area (Å²) in [6.07, 6.45) is 0. The molecule has 0 saturated heterocycles. The van der Waals surface area contributed by atoms with Gasteiger partial charge in [-0.05, 0) is 0 Å². The van der Waals surface area contributed by atoms with Gasteiger partial charge in [-0.15, -0.1) is 24.8 Å². The SMILES string of the molecule is Cl.Cl.[O]=[Cr](=[O])([OH])[OH]. The van der Waals surface area contributed by atoms with Crippen molar-refractivity contribution in [3.63, 3.8) is 0 Å². The molecule has 0 aromatic heterocycles. The Hall–Kier alpha value is 0.632. The van der Waals surface area contributed by atoms with E-state index in [0.29, 0.717) is 0 Å². The molecule has 7 heavy (non-hydrogen) atoms. The van der Waals surface area contributed by atoms with Gasteiger partial charge in [-0.2, -0.15) is 0 Å². The molecule has 0 aromatic rings. The first-order valence-electron chi connectivity index (χ1n) is 0.698. The molecule has 2 N–H and O–H groups in total. The molecule has 0 aliphatic carbocycles. The van der Waals surface area contributed by atoms with E-state index in [4.69, 9.17) is 15.9 Å². The summed E-state index contributed by atoms with van der Waals surface area (Å²) < 4.78 is 31.9. The van der Waals surface area contributed by atoms with E-state index in [9.17, 15) is 0 Å². The first-order valence-corrected chi connectivity index (χ1v) is 2.88. The van der Waals surface area contributed by atoms with Gasteiger partial charge in [0.2, 0.25) is 0 Å². The normalized spacial score (nSPS) is 8.29. The summed E-state index contributed by atoms with van der Waals surface area (Å²) in [5.41, 5.74) is 0. The second-order valence-electron chi connectivity index (χ2n) is 0.448. The molecule has 0 spiro atoms. The van der Waals surface area contributed by atoms with Crippen LogP contribution in [0.15, 0.2) is 0 Å². The van der Waals surface area contributed by atoms with E-state index in [1.54, 1.807) is 0 Å². The van der Waals surface area contributed by atoms with Crippen LogP contribution in [0.4, 0.5) is 0 Å². The molecule has 0 heterocycles. The molecule has 4 nitrogen and oxygen atoms in total. The van der Waals surface area contributed by atoms with Crippen molar-refractivity contribution >= 4 is 24.8 Å². The molecule has 0 bridgehead atoms. The fraction of sp³-hybridized carbons (Fsp3) is 0. The summed E-state index contributed by atoms with van der Waals surface area (Å²) >= 11 is -5.25. The van der Waals surface area contributed by atoms with Gasteiger partial charge in [0.1, 0.15) is 0 Å². The fourth-order valence-electron chi connectivity index (χ4n) is 0. The molecule has 0 rings (SSSR count). The summed E-state index contributed by atoms with van der Waals surface area (Å²) in [4.78, 5) is 0. The van der Waals surface area contributed by atoms with Crippen LogP contribution in [0.2, 0.25) is 0 Å². The third kappa shape index (κ3) is 356. The molecule has 48 valence electrons. The van der Waals surface area contributed by atoms with Gasteiger partial charge in [-0.3, -0.25) is 0 Å². The number of rotatable bonds is 0. The third-order valence-electron chi connectivity index (χ3n) is 0. The van der Waals surface area contributed by atoms with Crippen LogP contribution in [0.1, 0.15) is 0 Å². The minimum atomic E-state index is -5.25. The zero-order valence-electron chi connectivity index (χ0n) is 2.94. The molecule has 0 saturated carbocycles. The molecule has 0 aromatic carbocycles. The Morgan fingerprint density at radius 3 is 1.00 bits per heavy atom. The van der Waals surface area contributed by atoms with E-state index in [2.05, 4.69) is 0 Å². The fourth-order valence-corrected chi connectivity index (χ4v) is 0. The van der Waals surface area contributed by atoms with Crippen LogP contribution >= 0.6 is 24.8 Å². The average Bonchev–Trinajstić information content (AvgIpc) is 0.722. The summed E-state index contributed by atoms with van der Waals surface area (Å²) in [5, 5.41) is 0. The Morgan fingerprint density at radius 2 is 1.00 bits per heavy atom. The first-order chi connectivity index (χ1) is 2.00. The summed E-state index contributed by atoms with van der Waals surface area (Å²) in [6.45, 7) is 0. The van der Waals surface area contributed by atoms with Crippen LogP contribution in [0.3, 0.4) is 0 Å². The molecule has 0 amide bonds. The molecule has 7 heteroatoms. The molecule has 0 aliphatic heterocycles. The van der Waals surface area contributed by atoms with E-state index in [1.165, 1.54) is 0 Å². The Morgan fingerprint density at radius 1 is 1.00 bits per heavy atom. The van der Waals surface area contributed by atoms with Crippen molar-refractivity contribution in [1.29, 1.82) is 0 Å². The monoisotopic (exact) mass is 190 g/mol. The average molecular weight is 191 g/mol. The Bertz CT molecular complexity index is 92.9. The van der Waals surface area contributed by atoms with Gasteiger partial charge < -0.3 is 0 Å². The zero-order chi connectivity index (χ0) is 4.50. The van der Waals surface area contributed by atoms with Crippen molar-refractivity contribution in [3.8, 4) is 0 Å². The van der Waals surface area contributed by atoms with Crippen molar-refractivity contribution in [2.24, 2.45) is 0 Å². The predicted octanol–water partition coefficient (Wildman–Crippen LogP) is -0.510. The van der Waals surface area contributed by atoms with Gasteiger partial charge >= 0.3 is 29.5 Å². The van der Waals surface area contributed by atoms with Crippen molar-refractivity contribution < 1.29 is 29.5 Å². The van der Waals surface area contributed by atoms with Gasteiger partial charge in [0.05, 0.1) is 0 Å². The van der Waals surface area contributed by atoms with E-state index in [-0.39, 0.29) is 24.8 Å². The number of halogens is 2. The third-order valence-corrected chi connectivity index (χ3v) is 0. The van der Waals surface area contributed by atoms with Crippen molar-refractivity contribution in [3.05, 3.63) is 0 Å². The second-order valence-corrected chi connectivity index (χ2v) is 1.85. The van der Waals surface area contributed by atoms with Crippen LogP contribution in [-0.2, 0) is 21.2 Å². The molecule has 0 atom stereocenters. The quantitative estimate of drug-likeness (QED) is 0.540.